The molecule has 1 saturated carbocycles. The van der Waals surface area contributed by atoms with E-state index in [1.807, 2.05) is 25.1 Å². The number of nitrogens with zero attached hydrogens (tertiary/aromatic N) is 2. The fourth-order valence-corrected chi connectivity index (χ4v) is 3.87. The number of fused-ring (bicyclic) bond motifs is 1. The summed E-state index contributed by atoms with van der Waals surface area (Å²) in [5.74, 6) is 1.82. The van der Waals surface area contributed by atoms with Gasteiger partial charge in [0.1, 0.15) is 16.9 Å². The molecule has 7 heteroatoms. The molecular weight excluding hydrogens is 346 g/mol. The molecule has 0 bridgehead atoms. The highest BCUT2D eigenvalue weighted by molar-refractivity contribution is 5.99. The van der Waals surface area contributed by atoms with Crippen LogP contribution in [0.3, 0.4) is 0 Å². The molecule has 1 aliphatic carbocycles. The molecule has 27 heavy (non-hydrogen) atoms. The minimum absolute atomic E-state index is 0.257. The molecule has 1 aromatic carbocycles. The fraction of sp³-hybridized carbons (Fsp3) is 0.450. The number of ether oxygens (including phenoxy) is 1. The molecule has 1 amide bonds. The van der Waals surface area contributed by atoms with Crippen LogP contribution in [-0.4, -0.2) is 23.2 Å². The van der Waals surface area contributed by atoms with E-state index in [9.17, 15) is 4.79 Å². The molecule has 7 nitrogen and oxygen atoms in total. The van der Waals surface area contributed by atoms with Crippen molar-refractivity contribution in [3.8, 4) is 5.75 Å². The number of benzene rings is 1. The molecule has 0 spiro atoms. The van der Waals surface area contributed by atoms with Crippen molar-refractivity contribution in [2.75, 3.05) is 7.11 Å². The van der Waals surface area contributed by atoms with Crippen molar-refractivity contribution in [1.82, 2.24) is 15.5 Å². The summed E-state index contributed by atoms with van der Waals surface area (Å²) in [5, 5.41) is 8.13. The number of amides is 1. The third kappa shape index (κ3) is 3.07. The second-order valence-electron chi connectivity index (χ2n) is 7.15. The molecule has 1 fully saturated rings. The van der Waals surface area contributed by atoms with Crippen LogP contribution in [0.5, 0.6) is 5.75 Å². The minimum Gasteiger partial charge on any atom is -0.497 e. The SMILES string of the molecule is COc1ccc2oc(C(=O)NC3(c4noc(C)n4)CCCCC3)c(C)c2c1. The second kappa shape index (κ2) is 6.72. The summed E-state index contributed by atoms with van der Waals surface area (Å²) in [6.07, 6.45) is 4.71. The number of hydrogen-bond acceptors (Lipinski definition) is 6. The Morgan fingerprint density at radius 1 is 1.22 bits per heavy atom. The lowest BCUT2D eigenvalue weighted by atomic mass is 9.81. The van der Waals surface area contributed by atoms with Crippen molar-refractivity contribution in [1.29, 1.82) is 0 Å². The number of rotatable bonds is 4. The van der Waals surface area contributed by atoms with Gasteiger partial charge in [0.15, 0.2) is 11.6 Å². The van der Waals surface area contributed by atoms with Crippen LogP contribution in [0.2, 0.25) is 0 Å². The van der Waals surface area contributed by atoms with Gasteiger partial charge < -0.3 is 19.0 Å². The largest absolute Gasteiger partial charge is 0.497 e. The zero-order valence-electron chi connectivity index (χ0n) is 15.8. The zero-order chi connectivity index (χ0) is 19.0. The number of nitrogens with one attached hydrogen (secondary N) is 1. The summed E-state index contributed by atoms with van der Waals surface area (Å²) in [5.41, 5.74) is 0.833. The predicted octanol–water partition coefficient (Wildman–Crippen LogP) is 4.03. The summed E-state index contributed by atoms with van der Waals surface area (Å²) in [7, 11) is 1.62. The molecule has 2 heterocycles. The summed E-state index contributed by atoms with van der Waals surface area (Å²) in [4.78, 5) is 17.5. The molecule has 0 atom stereocenters. The van der Waals surface area contributed by atoms with Crippen LogP contribution in [0.25, 0.3) is 11.0 Å². The quantitative estimate of drug-likeness (QED) is 0.747. The average Bonchev–Trinajstić information content (AvgIpc) is 3.26. The highest BCUT2D eigenvalue weighted by Crippen LogP contribution is 2.37. The first-order valence-electron chi connectivity index (χ1n) is 9.23. The number of furan rings is 1. The van der Waals surface area contributed by atoms with E-state index in [-0.39, 0.29) is 5.91 Å². The number of carbonyl (C=O) groups is 1. The first-order chi connectivity index (χ1) is 13.0. The summed E-state index contributed by atoms with van der Waals surface area (Å²) in [6.45, 7) is 3.64. The zero-order valence-corrected chi connectivity index (χ0v) is 15.8. The van der Waals surface area contributed by atoms with Crippen molar-refractivity contribution < 1.29 is 18.5 Å². The van der Waals surface area contributed by atoms with Crippen LogP contribution in [0, 0.1) is 13.8 Å². The van der Waals surface area contributed by atoms with E-state index in [1.165, 1.54) is 0 Å². The van der Waals surface area contributed by atoms with E-state index in [4.69, 9.17) is 13.7 Å². The Balaban J connectivity index is 1.69. The average molecular weight is 369 g/mol. The topological polar surface area (TPSA) is 90.4 Å². The van der Waals surface area contributed by atoms with Gasteiger partial charge in [-0.3, -0.25) is 4.79 Å². The van der Waals surface area contributed by atoms with Crippen LogP contribution in [-0.2, 0) is 5.54 Å². The highest BCUT2D eigenvalue weighted by Gasteiger charge is 2.40. The van der Waals surface area contributed by atoms with Gasteiger partial charge in [0.2, 0.25) is 5.89 Å². The molecule has 0 saturated heterocycles. The van der Waals surface area contributed by atoms with E-state index < -0.39 is 5.54 Å². The summed E-state index contributed by atoms with van der Waals surface area (Å²) < 4.78 is 16.3. The van der Waals surface area contributed by atoms with Crippen molar-refractivity contribution in [3.05, 3.63) is 41.2 Å². The van der Waals surface area contributed by atoms with Gasteiger partial charge in [0.25, 0.3) is 5.91 Å². The maximum absolute atomic E-state index is 13.1. The molecule has 1 aliphatic rings. The van der Waals surface area contributed by atoms with Crippen LogP contribution >= 0.6 is 0 Å². The number of carbonyl (C=O) groups excluding carboxylic acids is 1. The monoisotopic (exact) mass is 369 g/mol. The smallest absolute Gasteiger partial charge is 0.288 e. The molecule has 4 rings (SSSR count). The summed E-state index contributed by atoms with van der Waals surface area (Å²) >= 11 is 0. The van der Waals surface area contributed by atoms with E-state index in [1.54, 1.807) is 14.0 Å². The summed E-state index contributed by atoms with van der Waals surface area (Å²) in [6, 6.07) is 5.51. The third-order valence-electron chi connectivity index (χ3n) is 5.37. The van der Waals surface area contributed by atoms with Crippen molar-refractivity contribution in [2.24, 2.45) is 0 Å². The minimum atomic E-state index is -0.615. The molecule has 0 aliphatic heterocycles. The third-order valence-corrected chi connectivity index (χ3v) is 5.37. The van der Waals surface area contributed by atoms with Crippen molar-refractivity contribution in [3.63, 3.8) is 0 Å². The second-order valence-corrected chi connectivity index (χ2v) is 7.15. The molecule has 0 unspecified atom stereocenters. The normalized spacial score (nSPS) is 16.4. The Kier molecular flexibility index (Phi) is 4.37. The number of aryl methyl sites for hydroxylation is 2. The van der Waals surface area contributed by atoms with Gasteiger partial charge in [-0.15, -0.1) is 0 Å². The first-order valence-corrected chi connectivity index (χ1v) is 9.23. The highest BCUT2D eigenvalue weighted by atomic mass is 16.5. The van der Waals surface area contributed by atoms with Gasteiger partial charge >= 0.3 is 0 Å². The van der Waals surface area contributed by atoms with Crippen molar-refractivity contribution in [2.45, 2.75) is 51.5 Å². The number of methoxy groups -OCH3 is 1. The number of aromatic nitrogens is 2. The van der Waals surface area contributed by atoms with Gasteiger partial charge in [-0.1, -0.05) is 24.4 Å². The molecule has 1 N–H and O–H groups in total. The van der Waals surface area contributed by atoms with E-state index in [2.05, 4.69) is 15.5 Å². The Bertz CT molecular complexity index is 982. The van der Waals surface area contributed by atoms with Crippen LogP contribution < -0.4 is 10.1 Å². The van der Waals surface area contributed by atoms with E-state index in [0.717, 1.165) is 48.8 Å². The van der Waals surface area contributed by atoms with Crippen LogP contribution in [0.15, 0.2) is 27.1 Å². The predicted molar refractivity (Wildman–Crippen MR) is 98.8 cm³/mol. The van der Waals surface area contributed by atoms with E-state index in [0.29, 0.717) is 23.1 Å². The molecule has 2 aromatic heterocycles. The Morgan fingerprint density at radius 3 is 2.67 bits per heavy atom. The maximum atomic E-state index is 13.1. The number of hydrogen-bond donors (Lipinski definition) is 1. The lowest BCUT2D eigenvalue weighted by Gasteiger charge is -2.35. The van der Waals surface area contributed by atoms with E-state index >= 15 is 0 Å². The van der Waals surface area contributed by atoms with Gasteiger partial charge in [0, 0.05) is 17.9 Å². The Morgan fingerprint density at radius 2 is 2.00 bits per heavy atom. The fourth-order valence-electron chi connectivity index (χ4n) is 3.87. The molecular formula is C20H23N3O4. The molecule has 3 aromatic rings. The van der Waals surface area contributed by atoms with Crippen molar-refractivity contribution >= 4 is 16.9 Å². The van der Waals surface area contributed by atoms with Gasteiger partial charge in [-0.25, -0.2) is 0 Å². The van der Waals surface area contributed by atoms with Crippen LogP contribution in [0.1, 0.15) is 59.9 Å². The van der Waals surface area contributed by atoms with Gasteiger partial charge in [-0.2, -0.15) is 4.98 Å². The lowest BCUT2D eigenvalue weighted by Crippen LogP contribution is -2.48. The molecule has 0 radical (unpaired) electrons. The standard InChI is InChI=1S/C20H23N3O4/c1-12-15-11-14(25-3)7-8-16(15)26-17(12)18(24)22-20(9-5-4-6-10-20)19-21-13(2)27-23-19/h7-8,11H,4-6,9-10H2,1-3H3,(H,22,24). The van der Waals surface area contributed by atoms with Gasteiger partial charge in [0.05, 0.1) is 7.11 Å². The maximum Gasteiger partial charge on any atom is 0.288 e. The van der Waals surface area contributed by atoms with Gasteiger partial charge in [-0.05, 0) is 38.0 Å². The Hall–Kier alpha value is -2.83. The van der Waals surface area contributed by atoms with Crippen LogP contribution in [0.4, 0.5) is 0 Å². The first kappa shape index (κ1) is 17.6. The molecule has 142 valence electrons. The Labute approximate surface area is 157 Å². The lowest BCUT2D eigenvalue weighted by molar-refractivity contribution is 0.0828.